The van der Waals surface area contributed by atoms with Gasteiger partial charge in [-0.2, -0.15) is 0 Å². The van der Waals surface area contributed by atoms with E-state index in [0.717, 1.165) is 24.2 Å². The van der Waals surface area contributed by atoms with Crippen LogP contribution in [-0.2, 0) is 15.7 Å². The number of aromatic nitrogens is 1. The fourth-order valence-electron chi connectivity index (χ4n) is 1.58. The maximum atomic E-state index is 12.2. The molecule has 2 rings (SSSR count). The summed E-state index contributed by atoms with van der Waals surface area (Å²) in [6.45, 7) is 4.25. The highest BCUT2D eigenvalue weighted by atomic mass is 31.2. The van der Waals surface area contributed by atoms with E-state index >= 15 is 0 Å². The number of hydrogen-bond acceptors (Lipinski definition) is 4. The third kappa shape index (κ3) is 2.45. The van der Waals surface area contributed by atoms with Crippen LogP contribution in [0.1, 0.15) is 31.2 Å². The first kappa shape index (κ1) is 11.6. The minimum atomic E-state index is -2.92. The number of unbranched alkanes of at least 4 members (excludes halogenated alkanes) is 1. The lowest BCUT2D eigenvalue weighted by molar-refractivity contribution is 0.226. The van der Waals surface area contributed by atoms with Crippen LogP contribution in [0.15, 0.2) is 12.1 Å². The van der Waals surface area contributed by atoms with Gasteiger partial charge in [0.05, 0.1) is 6.16 Å². The van der Waals surface area contributed by atoms with Crippen molar-refractivity contribution in [3.63, 3.8) is 0 Å². The molecule has 0 saturated carbocycles. The zero-order valence-corrected chi connectivity index (χ0v) is 10.5. The van der Waals surface area contributed by atoms with Crippen LogP contribution in [0.25, 0.3) is 0 Å². The van der Waals surface area contributed by atoms with Gasteiger partial charge in [0.1, 0.15) is 12.3 Å². The number of hydrogen-bond donors (Lipinski definition) is 0. The molecule has 0 aromatic carbocycles. The molecule has 1 aromatic heterocycles. The van der Waals surface area contributed by atoms with Gasteiger partial charge >= 0.3 is 7.60 Å². The molecule has 0 fully saturated rings. The van der Waals surface area contributed by atoms with Crippen LogP contribution in [0.3, 0.4) is 0 Å². The van der Waals surface area contributed by atoms with E-state index in [-0.39, 0.29) is 6.61 Å². The van der Waals surface area contributed by atoms with Crippen LogP contribution in [-0.4, -0.2) is 11.1 Å². The molecule has 1 atom stereocenters. The summed E-state index contributed by atoms with van der Waals surface area (Å²) in [6, 6.07) is 3.67. The Bertz CT molecular complexity index is 433. The van der Waals surface area contributed by atoms with Crippen LogP contribution in [0.5, 0.6) is 5.75 Å². The van der Waals surface area contributed by atoms with Gasteiger partial charge in [0, 0.05) is 5.69 Å². The summed E-state index contributed by atoms with van der Waals surface area (Å²) >= 11 is 0. The van der Waals surface area contributed by atoms with Gasteiger partial charge < -0.3 is 4.52 Å². The third-order valence-corrected chi connectivity index (χ3v) is 4.35. The SMILES string of the molecule is CCCCP1(=O)OCc2nc(C)ccc2O1. The molecule has 1 aliphatic heterocycles. The lowest BCUT2D eigenvalue weighted by Crippen LogP contribution is -2.11. The van der Waals surface area contributed by atoms with Gasteiger partial charge in [-0.3, -0.25) is 9.51 Å². The third-order valence-electron chi connectivity index (χ3n) is 2.49. The van der Waals surface area contributed by atoms with Crippen molar-refractivity contribution < 1.29 is 13.6 Å². The van der Waals surface area contributed by atoms with Gasteiger partial charge in [0.25, 0.3) is 0 Å². The molecule has 0 radical (unpaired) electrons. The highest BCUT2D eigenvalue weighted by Crippen LogP contribution is 2.53. The van der Waals surface area contributed by atoms with E-state index in [2.05, 4.69) is 11.9 Å². The van der Waals surface area contributed by atoms with Crippen molar-refractivity contribution in [1.29, 1.82) is 0 Å². The van der Waals surface area contributed by atoms with Gasteiger partial charge in [-0.05, 0) is 25.5 Å². The standard InChI is InChI=1S/C11H16NO3P/c1-3-4-7-16(13)14-8-10-11(15-16)6-5-9(2)12-10/h5-6H,3-4,7-8H2,1-2H3. The fourth-order valence-corrected chi connectivity index (χ4v) is 3.34. The summed E-state index contributed by atoms with van der Waals surface area (Å²) in [5.74, 6) is 0.608. The number of fused-ring (bicyclic) bond motifs is 1. The Hall–Kier alpha value is -0.860. The second-order valence-corrected chi connectivity index (χ2v) is 6.06. The van der Waals surface area contributed by atoms with E-state index in [0.29, 0.717) is 11.9 Å². The predicted octanol–water partition coefficient (Wildman–Crippen LogP) is 3.29. The molecule has 4 nitrogen and oxygen atoms in total. The molecule has 0 N–H and O–H groups in total. The second-order valence-electron chi connectivity index (χ2n) is 3.95. The minimum Gasteiger partial charge on any atom is -0.422 e. The van der Waals surface area contributed by atoms with Crippen LogP contribution in [0, 0.1) is 6.92 Å². The smallest absolute Gasteiger partial charge is 0.379 e. The quantitative estimate of drug-likeness (QED) is 0.762. The predicted molar refractivity (Wildman–Crippen MR) is 61.8 cm³/mol. The first-order chi connectivity index (χ1) is 7.63. The Morgan fingerprint density at radius 2 is 2.31 bits per heavy atom. The zero-order valence-electron chi connectivity index (χ0n) is 9.60. The zero-order chi connectivity index (χ0) is 11.6. The van der Waals surface area contributed by atoms with Crippen molar-refractivity contribution in [2.24, 2.45) is 0 Å². The summed E-state index contributed by atoms with van der Waals surface area (Å²) in [7, 11) is -2.92. The van der Waals surface area contributed by atoms with Crippen LogP contribution < -0.4 is 4.52 Å². The van der Waals surface area contributed by atoms with Crippen molar-refractivity contribution in [2.45, 2.75) is 33.3 Å². The lowest BCUT2D eigenvalue weighted by atomic mass is 10.3. The number of pyridine rings is 1. The van der Waals surface area contributed by atoms with Gasteiger partial charge in [-0.1, -0.05) is 13.3 Å². The fraction of sp³-hybridized carbons (Fsp3) is 0.545. The van der Waals surface area contributed by atoms with E-state index in [4.69, 9.17) is 9.05 Å². The highest BCUT2D eigenvalue weighted by molar-refractivity contribution is 7.54. The Kier molecular flexibility index (Phi) is 3.31. The van der Waals surface area contributed by atoms with Crippen molar-refractivity contribution in [3.05, 3.63) is 23.5 Å². The maximum absolute atomic E-state index is 12.2. The van der Waals surface area contributed by atoms with Crippen molar-refractivity contribution in [2.75, 3.05) is 6.16 Å². The molecule has 0 saturated heterocycles. The Morgan fingerprint density at radius 1 is 1.50 bits per heavy atom. The van der Waals surface area contributed by atoms with E-state index in [1.54, 1.807) is 0 Å². The number of nitrogens with zero attached hydrogens (tertiary/aromatic N) is 1. The molecule has 1 aromatic rings. The first-order valence-corrected chi connectivity index (χ1v) is 7.25. The number of rotatable bonds is 3. The molecule has 88 valence electrons. The molecule has 5 heteroatoms. The van der Waals surface area contributed by atoms with Gasteiger partial charge in [-0.25, -0.2) is 4.57 Å². The monoisotopic (exact) mass is 241 g/mol. The van der Waals surface area contributed by atoms with E-state index in [1.165, 1.54) is 0 Å². The summed E-state index contributed by atoms with van der Waals surface area (Å²) in [4.78, 5) is 4.29. The maximum Gasteiger partial charge on any atom is 0.379 e. The molecule has 0 bridgehead atoms. The number of aryl methyl sites for hydroxylation is 1. The molecular weight excluding hydrogens is 225 g/mol. The van der Waals surface area contributed by atoms with E-state index in [1.807, 2.05) is 19.1 Å². The Balaban J connectivity index is 2.17. The largest absolute Gasteiger partial charge is 0.422 e. The van der Waals surface area contributed by atoms with Crippen molar-refractivity contribution in [3.8, 4) is 5.75 Å². The Morgan fingerprint density at radius 3 is 3.06 bits per heavy atom. The van der Waals surface area contributed by atoms with Gasteiger partial charge in [0.2, 0.25) is 0 Å². The van der Waals surface area contributed by atoms with Crippen molar-refractivity contribution >= 4 is 7.60 Å². The molecule has 0 aliphatic carbocycles. The van der Waals surface area contributed by atoms with Crippen molar-refractivity contribution in [1.82, 2.24) is 4.98 Å². The van der Waals surface area contributed by atoms with Gasteiger partial charge in [0.15, 0.2) is 5.75 Å². The van der Waals surface area contributed by atoms with E-state index < -0.39 is 7.60 Å². The molecule has 2 heterocycles. The normalized spacial score (nSPS) is 23.6. The van der Waals surface area contributed by atoms with Crippen LogP contribution >= 0.6 is 7.60 Å². The average Bonchev–Trinajstić information content (AvgIpc) is 2.27. The topological polar surface area (TPSA) is 48.4 Å². The minimum absolute atomic E-state index is 0.290. The molecular formula is C11H16NO3P. The summed E-state index contributed by atoms with van der Waals surface area (Å²) < 4.78 is 22.9. The van der Waals surface area contributed by atoms with Crippen LogP contribution in [0.2, 0.25) is 0 Å². The van der Waals surface area contributed by atoms with E-state index in [9.17, 15) is 4.57 Å². The average molecular weight is 241 g/mol. The molecule has 1 aliphatic rings. The van der Waals surface area contributed by atoms with Crippen LogP contribution in [0.4, 0.5) is 0 Å². The summed E-state index contributed by atoms with van der Waals surface area (Å²) in [5.41, 5.74) is 1.65. The highest BCUT2D eigenvalue weighted by Gasteiger charge is 2.31. The Labute approximate surface area is 95.5 Å². The molecule has 0 amide bonds. The van der Waals surface area contributed by atoms with Gasteiger partial charge in [-0.15, -0.1) is 0 Å². The molecule has 1 unspecified atom stereocenters. The summed E-state index contributed by atoms with van der Waals surface area (Å²) in [6.07, 6.45) is 2.32. The summed E-state index contributed by atoms with van der Waals surface area (Å²) in [5, 5.41) is 0. The molecule has 16 heavy (non-hydrogen) atoms. The molecule has 0 spiro atoms. The second kappa shape index (κ2) is 4.56. The first-order valence-electron chi connectivity index (χ1n) is 5.53. The lowest BCUT2D eigenvalue weighted by Gasteiger charge is -2.25.